The van der Waals surface area contributed by atoms with E-state index in [1.54, 1.807) is 91.0 Å². The molecule has 3 N–H and O–H groups in total. The van der Waals surface area contributed by atoms with Crippen molar-refractivity contribution in [1.29, 1.82) is 0 Å². The summed E-state index contributed by atoms with van der Waals surface area (Å²) in [7, 11) is 0. The van der Waals surface area contributed by atoms with Crippen LogP contribution in [0.15, 0.2) is 138 Å². The summed E-state index contributed by atoms with van der Waals surface area (Å²) in [5, 5.41) is 8.41. The lowest BCUT2D eigenvalue weighted by atomic mass is 10.1. The Morgan fingerprint density at radius 3 is 2.21 bits per heavy atom. The van der Waals surface area contributed by atoms with Crippen LogP contribution in [0.4, 0.5) is 11.4 Å². The fourth-order valence-electron chi connectivity index (χ4n) is 4.75. The highest BCUT2D eigenvalue weighted by Crippen LogP contribution is 2.39. The third-order valence-corrected chi connectivity index (χ3v) is 8.65. The quantitative estimate of drug-likeness (QED) is 0.104. The Morgan fingerprint density at radius 1 is 0.723 bits per heavy atom. The van der Waals surface area contributed by atoms with Gasteiger partial charge in [0, 0.05) is 32.9 Å². The minimum atomic E-state index is -0.617. The first-order chi connectivity index (χ1) is 22.9. The van der Waals surface area contributed by atoms with E-state index in [0.717, 1.165) is 10.5 Å². The number of amides is 3. The van der Waals surface area contributed by atoms with E-state index in [2.05, 4.69) is 16.0 Å². The van der Waals surface area contributed by atoms with Gasteiger partial charge in [0.25, 0.3) is 11.8 Å². The van der Waals surface area contributed by atoms with Crippen molar-refractivity contribution in [3.05, 3.63) is 155 Å². The largest absolute Gasteiger partial charge is 0.454 e. The first-order valence-electron chi connectivity index (χ1n) is 14.6. The van der Waals surface area contributed by atoms with Gasteiger partial charge >= 0.3 is 0 Å². The van der Waals surface area contributed by atoms with Gasteiger partial charge in [-0.05, 0) is 65.7 Å². The zero-order valence-electron chi connectivity index (χ0n) is 24.8. The normalized spacial score (nSPS) is 12.6. The number of fused-ring (bicyclic) bond motifs is 1. The highest BCUT2D eigenvalue weighted by molar-refractivity contribution is 8.00. The molecule has 0 aliphatic carbocycles. The maximum atomic E-state index is 13.7. The van der Waals surface area contributed by atoms with Crippen LogP contribution in [0.2, 0.25) is 5.02 Å². The predicted octanol–water partition coefficient (Wildman–Crippen LogP) is 7.95. The SMILES string of the molecule is O=C(Nc1cccc(SC(C(=O)Nc2ccc3c(c2)OCO3)c2ccccc2)c1)/C(=C\c1ccccc1Cl)NC(=O)c1ccccc1. The molecule has 234 valence electrons. The highest BCUT2D eigenvalue weighted by atomic mass is 35.5. The third-order valence-electron chi connectivity index (χ3n) is 7.06. The molecular weight excluding hydrogens is 634 g/mol. The molecule has 0 saturated heterocycles. The zero-order chi connectivity index (χ0) is 32.6. The van der Waals surface area contributed by atoms with Gasteiger partial charge in [-0.25, -0.2) is 0 Å². The molecule has 10 heteroatoms. The van der Waals surface area contributed by atoms with Gasteiger partial charge in [-0.3, -0.25) is 14.4 Å². The zero-order valence-corrected chi connectivity index (χ0v) is 26.4. The summed E-state index contributed by atoms with van der Waals surface area (Å²) in [5.41, 5.74) is 2.83. The predicted molar refractivity (Wildman–Crippen MR) is 185 cm³/mol. The highest BCUT2D eigenvalue weighted by Gasteiger charge is 2.24. The van der Waals surface area contributed by atoms with Gasteiger partial charge < -0.3 is 25.4 Å². The molecule has 6 rings (SSSR count). The van der Waals surface area contributed by atoms with Crippen molar-refractivity contribution in [2.75, 3.05) is 17.4 Å². The molecular formula is C37H28ClN3O5S. The molecule has 0 aromatic heterocycles. The maximum absolute atomic E-state index is 13.7. The van der Waals surface area contributed by atoms with Crippen LogP contribution in [0.1, 0.15) is 26.7 Å². The van der Waals surface area contributed by atoms with Gasteiger partial charge in [0.1, 0.15) is 10.9 Å². The Hall–Kier alpha value is -5.51. The van der Waals surface area contributed by atoms with E-state index in [4.69, 9.17) is 21.1 Å². The lowest BCUT2D eigenvalue weighted by Gasteiger charge is -2.18. The van der Waals surface area contributed by atoms with E-state index in [1.807, 2.05) is 36.4 Å². The molecule has 0 spiro atoms. The second kappa shape index (κ2) is 14.7. The molecule has 8 nitrogen and oxygen atoms in total. The molecule has 5 aromatic carbocycles. The third kappa shape index (κ3) is 8.02. The second-order valence-corrected chi connectivity index (χ2v) is 11.9. The van der Waals surface area contributed by atoms with Crippen LogP contribution in [0, 0.1) is 0 Å². The maximum Gasteiger partial charge on any atom is 0.272 e. The van der Waals surface area contributed by atoms with Gasteiger partial charge in [0.15, 0.2) is 11.5 Å². The molecule has 5 aromatic rings. The molecule has 1 unspecified atom stereocenters. The van der Waals surface area contributed by atoms with Crippen LogP contribution in [-0.4, -0.2) is 24.5 Å². The van der Waals surface area contributed by atoms with Gasteiger partial charge in [0.2, 0.25) is 12.7 Å². The summed E-state index contributed by atoms with van der Waals surface area (Å²) in [6.07, 6.45) is 1.53. The summed E-state index contributed by atoms with van der Waals surface area (Å²) >= 11 is 7.71. The fourth-order valence-corrected chi connectivity index (χ4v) is 6.03. The standard InChI is InChI=1S/C37H28ClN3O5S/c38-30-17-8-7-14-26(30)20-31(41-35(42)25-12-5-2-6-13-25)36(43)39-27-15-9-16-29(21-27)47-34(24-10-3-1-4-11-24)37(44)40-28-18-19-32-33(22-28)46-23-45-32/h1-22,34H,23H2,(H,39,43)(H,40,44)(H,41,42)/b31-20+. The van der Waals surface area contributed by atoms with Crippen LogP contribution in [-0.2, 0) is 9.59 Å². The van der Waals surface area contributed by atoms with Crippen LogP contribution in [0.3, 0.4) is 0 Å². The van der Waals surface area contributed by atoms with E-state index >= 15 is 0 Å². The molecule has 0 bridgehead atoms. The number of carbonyl (C=O) groups excluding carboxylic acids is 3. The lowest BCUT2D eigenvalue weighted by molar-refractivity contribution is -0.116. The molecule has 0 fully saturated rings. The van der Waals surface area contributed by atoms with Crippen molar-refractivity contribution in [2.24, 2.45) is 0 Å². The van der Waals surface area contributed by atoms with Crippen molar-refractivity contribution >= 4 is 58.5 Å². The average molecular weight is 662 g/mol. The molecule has 0 radical (unpaired) electrons. The Bertz CT molecular complexity index is 1950. The fraction of sp³-hybridized carbons (Fsp3) is 0.0541. The number of halogens is 1. The number of rotatable bonds is 10. The van der Waals surface area contributed by atoms with E-state index in [-0.39, 0.29) is 18.4 Å². The van der Waals surface area contributed by atoms with Crippen molar-refractivity contribution in [1.82, 2.24) is 5.32 Å². The smallest absolute Gasteiger partial charge is 0.272 e. The van der Waals surface area contributed by atoms with Gasteiger partial charge in [-0.1, -0.05) is 84.4 Å². The number of thioether (sulfide) groups is 1. The number of carbonyl (C=O) groups is 3. The molecule has 1 aliphatic rings. The van der Waals surface area contributed by atoms with Gasteiger partial charge in [-0.15, -0.1) is 11.8 Å². The monoisotopic (exact) mass is 661 g/mol. The molecule has 47 heavy (non-hydrogen) atoms. The topological polar surface area (TPSA) is 106 Å². The first-order valence-corrected chi connectivity index (χ1v) is 15.8. The van der Waals surface area contributed by atoms with Crippen LogP contribution in [0.5, 0.6) is 11.5 Å². The molecule has 1 heterocycles. The summed E-state index contributed by atoms with van der Waals surface area (Å²) in [6.45, 7) is 0.138. The second-order valence-electron chi connectivity index (χ2n) is 10.3. The van der Waals surface area contributed by atoms with Crippen molar-refractivity contribution in [3.63, 3.8) is 0 Å². The van der Waals surface area contributed by atoms with Crippen molar-refractivity contribution in [2.45, 2.75) is 10.1 Å². The molecule has 0 saturated carbocycles. The van der Waals surface area contributed by atoms with Crippen LogP contribution in [0.25, 0.3) is 6.08 Å². The van der Waals surface area contributed by atoms with Crippen molar-refractivity contribution < 1.29 is 23.9 Å². The van der Waals surface area contributed by atoms with E-state index in [9.17, 15) is 14.4 Å². The number of ether oxygens (including phenoxy) is 2. The number of benzene rings is 5. The van der Waals surface area contributed by atoms with Crippen LogP contribution >= 0.6 is 23.4 Å². The minimum absolute atomic E-state index is 0.00951. The summed E-state index contributed by atoms with van der Waals surface area (Å²) < 4.78 is 10.8. The van der Waals surface area contributed by atoms with E-state index in [1.165, 1.54) is 17.8 Å². The number of nitrogens with one attached hydrogen (secondary N) is 3. The van der Waals surface area contributed by atoms with E-state index in [0.29, 0.717) is 39.0 Å². The van der Waals surface area contributed by atoms with Crippen molar-refractivity contribution in [3.8, 4) is 11.5 Å². The summed E-state index contributed by atoms with van der Waals surface area (Å²) in [5.74, 6) is -0.0273. The first kappa shape index (κ1) is 31.5. The van der Waals surface area contributed by atoms with Gasteiger partial charge in [0.05, 0.1) is 0 Å². The van der Waals surface area contributed by atoms with Crippen LogP contribution < -0.4 is 25.4 Å². The summed E-state index contributed by atoms with van der Waals surface area (Å²) in [6, 6.07) is 37.5. The number of hydrogen-bond donors (Lipinski definition) is 3. The van der Waals surface area contributed by atoms with E-state index < -0.39 is 17.1 Å². The number of anilines is 2. The Balaban J connectivity index is 1.22. The summed E-state index contributed by atoms with van der Waals surface area (Å²) in [4.78, 5) is 41.0. The Kier molecular flexibility index (Phi) is 9.86. The molecule has 1 atom stereocenters. The Labute approximate surface area is 280 Å². The lowest BCUT2D eigenvalue weighted by Crippen LogP contribution is -2.30. The average Bonchev–Trinajstić information content (AvgIpc) is 3.57. The van der Waals surface area contributed by atoms with Gasteiger partial charge in [-0.2, -0.15) is 0 Å². The number of hydrogen-bond acceptors (Lipinski definition) is 6. The molecule has 3 amide bonds. The molecule has 1 aliphatic heterocycles. The Morgan fingerprint density at radius 2 is 1.43 bits per heavy atom. The minimum Gasteiger partial charge on any atom is -0.454 e.